The third-order valence-electron chi connectivity index (χ3n) is 3.81. The lowest BCUT2D eigenvalue weighted by molar-refractivity contribution is 0.0689. The standard InChI is InChI=1S/C16H33N3O2.HI/c1-14-11-15(2)13-19(12-14)16(17-3)18-7-5-6-8-21-10-9-20-4;/h14-15H,5-13H2,1-4H3,(H,17,18);1H. The number of rotatable bonds is 8. The van der Waals surface area contributed by atoms with Crippen LogP contribution < -0.4 is 5.32 Å². The predicted molar refractivity (Wildman–Crippen MR) is 103 cm³/mol. The first kappa shape index (κ1) is 21.9. The van der Waals surface area contributed by atoms with E-state index in [-0.39, 0.29) is 24.0 Å². The van der Waals surface area contributed by atoms with Gasteiger partial charge in [0.15, 0.2) is 5.96 Å². The monoisotopic (exact) mass is 427 g/mol. The lowest BCUT2D eigenvalue weighted by Crippen LogP contribution is -2.48. The third kappa shape index (κ3) is 9.15. The predicted octanol–water partition coefficient (Wildman–Crippen LogP) is 2.60. The Bertz CT molecular complexity index is 293. The molecule has 132 valence electrons. The molecule has 0 radical (unpaired) electrons. The molecule has 2 atom stereocenters. The average Bonchev–Trinajstić information content (AvgIpc) is 2.44. The van der Waals surface area contributed by atoms with Crippen LogP contribution in [0.15, 0.2) is 4.99 Å². The first-order valence-electron chi connectivity index (χ1n) is 8.19. The molecule has 0 spiro atoms. The van der Waals surface area contributed by atoms with Gasteiger partial charge < -0.3 is 19.7 Å². The molecular formula is C16H34IN3O2. The van der Waals surface area contributed by atoms with Crippen LogP contribution in [0.2, 0.25) is 0 Å². The zero-order chi connectivity index (χ0) is 15.5. The van der Waals surface area contributed by atoms with Crippen molar-refractivity contribution in [2.75, 3.05) is 53.6 Å². The van der Waals surface area contributed by atoms with Crippen LogP contribution in [0.25, 0.3) is 0 Å². The van der Waals surface area contributed by atoms with Gasteiger partial charge in [-0.2, -0.15) is 0 Å². The van der Waals surface area contributed by atoms with Gasteiger partial charge in [0.25, 0.3) is 0 Å². The largest absolute Gasteiger partial charge is 0.382 e. The summed E-state index contributed by atoms with van der Waals surface area (Å²) >= 11 is 0. The van der Waals surface area contributed by atoms with E-state index < -0.39 is 0 Å². The fraction of sp³-hybridized carbons (Fsp3) is 0.938. The van der Waals surface area contributed by atoms with Gasteiger partial charge in [0, 0.05) is 40.4 Å². The summed E-state index contributed by atoms with van der Waals surface area (Å²) in [6.45, 7) is 10.0. The third-order valence-corrected chi connectivity index (χ3v) is 3.81. The van der Waals surface area contributed by atoms with E-state index >= 15 is 0 Å². The summed E-state index contributed by atoms with van der Waals surface area (Å²) in [6.07, 6.45) is 3.50. The van der Waals surface area contributed by atoms with Crippen LogP contribution in [-0.4, -0.2) is 64.5 Å². The van der Waals surface area contributed by atoms with E-state index in [0.717, 1.165) is 56.9 Å². The van der Waals surface area contributed by atoms with E-state index in [1.54, 1.807) is 7.11 Å². The Labute approximate surface area is 153 Å². The van der Waals surface area contributed by atoms with Crippen LogP contribution in [0, 0.1) is 11.8 Å². The molecule has 1 rings (SSSR count). The summed E-state index contributed by atoms with van der Waals surface area (Å²) in [5.74, 6) is 2.55. The van der Waals surface area contributed by atoms with Crippen molar-refractivity contribution in [3.8, 4) is 0 Å². The Morgan fingerprint density at radius 3 is 2.41 bits per heavy atom. The molecule has 0 amide bonds. The first-order chi connectivity index (χ1) is 10.2. The van der Waals surface area contributed by atoms with E-state index in [1.807, 2.05) is 7.05 Å². The Morgan fingerprint density at radius 2 is 1.82 bits per heavy atom. The highest BCUT2D eigenvalue weighted by Crippen LogP contribution is 2.20. The molecule has 1 heterocycles. The second-order valence-electron chi connectivity index (χ2n) is 6.14. The molecule has 0 aliphatic carbocycles. The van der Waals surface area contributed by atoms with Gasteiger partial charge in [0.1, 0.15) is 0 Å². The Hall–Kier alpha value is -0.0800. The summed E-state index contributed by atoms with van der Waals surface area (Å²) in [4.78, 5) is 6.82. The number of aliphatic imine (C=N–C) groups is 1. The van der Waals surface area contributed by atoms with Crippen molar-refractivity contribution in [1.29, 1.82) is 0 Å². The average molecular weight is 427 g/mol. The lowest BCUT2D eigenvalue weighted by atomic mass is 9.92. The fourth-order valence-corrected chi connectivity index (χ4v) is 2.94. The summed E-state index contributed by atoms with van der Waals surface area (Å²) in [6, 6.07) is 0. The number of unbranched alkanes of at least 4 members (excludes halogenated alkanes) is 1. The Balaban J connectivity index is 0.00000441. The number of halogens is 1. The van der Waals surface area contributed by atoms with Crippen LogP contribution in [0.1, 0.15) is 33.1 Å². The van der Waals surface area contributed by atoms with Gasteiger partial charge in [-0.05, 0) is 31.1 Å². The summed E-state index contributed by atoms with van der Waals surface area (Å²) in [5, 5.41) is 3.48. The number of ether oxygens (including phenoxy) is 2. The van der Waals surface area contributed by atoms with Crippen molar-refractivity contribution in [3.63, 3.8) is 0 Å². The highest BCUT2D eigenvalue weighted by Gasteiger charge is 2.23. The van der Waals surface area contributed by atoms with E-state index in [9.17, 15) is 0 Å². The van der Waals surface area contributed by atoms with Crippen LogP contribution in [0.5, 0.6) is 0 Å². The van der Waals surface area contributed by atoms with Gasteiger partial charge in [0.2, 0.25) is 0 Å². The molecule has 1 fully saturated rings. The van der Waals surface area contributed by atoms with E-state index in [1.165, 1.54) is 6.42 Å². The molecule has 6 heteroatoms. The zero-order valence-corrected chi connectivity index (χ0v) is 17.0. The minimum atomic E-state index is 0. The van der Waals surface area contributed by atoms with Crippen molar-refractivity contribution >= 4 is 29.9 Å². The van der Waals surface area contributed by atoms with E-state index in [0.29, 0.717) is 13.2 Å². The zero-order valence-electron chi connectivity index (χ0n) is 14.6. The fourth-order valence-electron chi connectivity index (χ4n) is 2.94. The minimum absolute atomic E-state index is 0. The quantitative estimate of drug-likeness (QED) is 0.280. The number of likely N-dealkylation sites (tertiary alicyclic amines) is 1. The van der Waals surface area contributed by atoms with Crippen LogP contribution in [-0.2, 0) is 9.47 Å². The molecule has 22 heavy (non-hydrogen) atoms. The molecule has 0 aromatic carbocycles. The van der Waals surface area contributed by atoms with Gasteiger partial charge in [-0.25, -0.2) is 0 Å². The molecule has 1 aliphatic heterocycles. The molecule has 5 nitrogen and oxygen atoms in total. The van der Waals surface area contributed by atoms with Crippen molar-refractivity contribution in [2.45, 2.75) is 33.1 Å². The molecule has 2 unspecified atom stereocenters. The molecule has 0 saturated carbocycles. The summed E-state index contributed by atoms with van der Waals surface area (Å²) in [7, 11) is 3.57. The normalized spacial score (nSPS) is 22.4. The Morgan fingerprint density at radius 1 is 1.14 bits per heavy atom. The first-order valence-corrected chi connectivity index (χ1v) is 8.19. The number of piperidine rings is 1. The summed E-state index contributed by atoms with van der Waals surface area (Å²) < 4.78 is 10.4. The topological polar surface area (TPSA) is 46.1 Å². The van der Waals surface area contributed by atoms with Crippen LogP contribution in [0.4, 0.5) is 0 Å². The number of nitrogens with zero attached hydrogens (tertiary/aromatic N) is 2. The number of nitrogens with one attached hydrogen (secondary N) is 1. The minimum Gasteiger partial charge on any atom is -0.382 e. The molecule has 0 bridgehead atoms. The second kappa shape index (κ2) is 13.4. The highest BCUT2D eigenvalue weighted by atomic mass is 127. The van der Waals surface area contributed by atoms with E-state index in [2.05, 4.69) is 29.1 Å². The van der Waals surface area contributed by atoms with Gasteiger partial charge in [0.05, 0.1) is 13.2 Å². The van der Waals surface area contributed by atoms with Crippen LogP contribution >= 0.6 is 24.0 Å². The lowest BCUT2D eigenvalue weighted by Gasteiger charge is -2.37. The summed E-state index contributed by atoms with van der Waals surface area (Å²) in [5.41, 5.74) is 0. The maximum absolute atomic E-state index is 5.46. The van der Waals surface area contributed by atoms with Crippen molar-refractivity contribution < 1.29 is 9.47 Å². The molecule has 1 saturated heterocycles. The number of guanidine groups is 1. The van der Waals surface area contributed by atoms with Crippen molar-refractivity contribution in [1.82, 2.24) is 10.2 Å². The van der Waals surface area contributed by atoms with E-state index in [4.69, 9.17) is 9.47 Å². The van der Waals surface area contributed by atoms with Gasteiger partial charge >= 0.3 is 0 Å². The molecule has 1 N–H and O–H groups in total. The number of hydrogen-bond donors (Lipinski definition) is 1. The Kier molecular flexibility index (Phi) is 13.3. The van der Waals surface area contributed by atoms with Gasteiger partial charge in [-0.1, -0.05) is 13.8 Å². The number of methoxy groups -OCH3 is 1. The SMILES string of the molecule is CN=C(NCCCCOCCOC)N1CC(C)CC(C)C1.I. The maximum atomic E-state index is 5.46. The molecule has 0 aromatic heterocycles. The highest BCUT2D eigenvalue weighted by molar-refractivity contribution is 14.0. The number of hydrogen-bond acceptors (Lipinski definition) is 3. The molecular weight excluding hydrogens is 393 g/mol. The van der Waals surface area contributed by atoms with Crippen molar-refractivity contribution in [3.05, 3.63) is 0 Å². The molecule has 0 aromatic rings. The second-order valence-corrected chi connectivity index (χ2v) is 6.14. The smallest absolute Gasteiger partial charge is 0.193 e. The van der Waals surface area contributed by atoms with Crippen LogP contribution in [0.3, 0.4) is 0 Å². The van der Waals surface area contributed by atoms with Gasteiger partial charge in [-0.3, -0.25) is 4.99 Å². The maximum Gasteiger partial charge on any atom is 0.193 e. The molecule has 1 aliphatic rings. The van der Waals surface area contributed by atoms with Crippen molar-refractivity contribution in [2.24, 2.45) is 16.8 Å². The van der Waals surface area contributed by atoms with Gasteiger partial charge in [-0.15, -0.1) is 24.0 Å².